The van der Waals surface area contributed by atoms with Gasteiger partial charge in [0.05, 0.1) is 13.2 Å². The molecule has 1 aromatic rings. The molecule has 0 radical (unpaired) electrons. The van der Waals surface area contributed by atoms with Crippen molar-refractivity contribution < 1.29 is 61.4 Å². The van der Waals surface area contributed by atoms with E-state index in [4.69, 9.17) is 10.1 Å². The second-order valence-electron chi connectivity index (χ2n) is 3.19. The van der Waals surface area contributed by atoms with Crippen LogP contribution in [-0.4, -0.2) is 26.3 Å². The predicted molar refractivity (Wildman–Crippen MR) is 54.2 cm³/mol. The fourth-order valence-electron chi connectivity index (χ4n) is 1.62. The number of benzene rings is 1. The second kappa shape index (κ2) is 12.0. The standard InChI is InChI=1S/C10H12N3O.3ClH.Zn/c11-12-9-3-1-2-4-10(9)13-5-7-14-8-6-13;;;;/h1-4H,5-8H2;3*1H;/q+1;;;;+2/p-3. The molecule has 1 saturated heterocycles. The molecule has 4 nitrogen and oxygen atoms in total. The Morgan fingerprint density at radius 1 is 1.06 bits per heavy atom. The Kier molecular flexibility index (Phi) is 15.3. The Morgan fingerprint density at radius 2 is 1.61 bits per heavy atom. The molecule has 0 spiro atoms. The molecule has 1 aliphatic rings. The SMILES string of the molecule is N#[N+]c1ccccc1N1CCOCC1.[Cl-].[Cl-].[Cl-].[Zn+2]. The molecule has 0 aromatic heterocycles. The van der Waals surface area contributed by atoms with Crippen molar-refractivity contribution in [2.45, 2.75) is 0 Å². The molecule has 0 N–H and O–H groups in total. The van der Waals surface area contributed by atoms with E-state index in [1.54, 1.807) is 6.07 Å². The van der Waals surface area contributed by atoms with Crippen molar-refractivity contribution >= 4 is 11.4 Å². The summed E-state index contributed by atoms with van der Waals surface area (Å²) in [5.41, 5.74) is 1.59. The first-order chi connectivity index (χ1) is 6.92. The number of halogens is 3. The van der Waals surface area contributed by atoms with Gasteiger partial charge < -0.3 is 46.9 Å². The van der Waals surface area contributed by atoms with E-state index in [-0.39, 0.29) is 56.7 Å². The Hall–Kier alpha value is -0.107. The van der Waals surface area contributed by atoms with E-state index in [0.29, 0.717) is 5.69 Å². The zero-order chi connectivity index (χ0) is 9.80. The van der Waals surface area contributed by atoms with Crippen molar-refractivity contribution in [1.82, 2.24) is 0 Å². The summed E-state index contributed by atoms with van der Waals surface area (Å²) in [7, 11) is 0. The van der Waals surface area contributed by atoms with Gasteiger partial charge in [0.15, 0.2) is 4.98 Å². The third-order valence-electron chi connectivity index (χ3n) is 2.34. The van der Waals surface area contributed by atoms with Crippen LogP contribution in [0.1, 0.15) is 0 Å². The van der Waals surface area contributed by atoms with E-state index in [9.17, 15) is 0 Å². The molecule has 0 unspecified atom stereocenters. The second-order valence-corrected chi connectivity index (χ2v) is 3.19. The summed E-state index contributed by atoms with van der Waals surface area (Å²) in [5, 5.41) is 8.82. The molecule has 18 heavy (non-hydrogen) atoms. The predicted octanol–water partition coefficient (Wildman–Crippen LogP) is -6.98. The molecule has 1 aliphatic heterocycles. The quantitative estimate of drug-likeness (QED) is 0.369. The van der Waals surface area contributed by atoms with Crippen LogP contribution in [0.3, 0.4) is 0 Å². The van der Waals surface area contributed by atoms with Gasteiger partial charge in [0.1, 0.15) is 5.69 Å². The summed E-state index contributed by atoms with van der Waals surface area (Å²) in [4.78, 5) is 5.43. The first-order valence-electron chi connectivity index (χ1n) is 4.68. The molecule has 0 bridgehead atoms. The molecule has 0 amide bonds. The van der Waals surface area contributed by atoms with E-state index in [2.05, 4.69) is 9.88 Å². The first kappa shape index (κ1) is 23.0. The molecule has 1 heterocycles. The molecular weight excluding hydrogens is 350 g/mol. The van der Waals surface area contributed by atoms with Crippen LogP contribution in [0.15, 0.2) is 24.3 Å². The van der Waals surface area contributed by atoms with Gasteiger partial charge in [0, 0.05) is 19.2 Å². The third kappa shape index (κ3) is 5.69. The average molecular weight is 362 g/mol. The maximum atomic E-state index is 8.82. The van der Waals surface area contributed by atoms with Gasteiger partial charge in [-0.3, -0.25) is 0 Å². The van der Waals surface area contributed by atoms with E-state index in [0.717, 1.165) is 32.0 Å². The Bertz CT molecular complexity index is 370. The smallest absolute Gasteiger partial charge is 1.00 e. The van der Waals surface area contributed by atoms with Crippen molar-refractivity contribution in [3.63, 3.8) is 0 Å². The summed E-state index contributed by atoms with van der Waals surface area (Å²) < 4.78 is 5.26. The monoisotopic (exact) mass is 359 g/mol. The number of diazo groups is 1. The average Bonchev–Trinajstić information content (AvgIpc) is 2.30. The number of rotatable bonds is 1. The zero-order valence-electron chi connectivity index (χ0n) is 9.73. The molecular formula is C10H12Cl3N3OZn. The van der Waals surface area contributed by atoms with Crippen molar-refractivity contribution in [3.8, 4) is 0 Å². The normalized spacial score (nSPS) is 12.7. The summed E-state index contributed by atoms with van der Waals surface area (Å²) in [6.07, 6.45) is 0. The summed E-state index contributed by atoms with van der Waals surface area (Å²) >= 11 is 0. The fourth-order valence-corrected chi connectivity index (χ4v) is 1.62. The van der Waals surface area contributed by atoms with E-state index in [1.165, 1.54) is 0 Å². The Labute approximate surface area is 138 Å². The van der Waals surface area contributed by atoms with Gasteiger partial charge in [-0.1, -0.05) is 12.1 Å². The van der Waals surface area contributed by atoms with Gasteiger partial charge in [-0.15, -0.1) is 0 Å². The Morgan fingerprint density at radius 3 is 2.17 bits per heavy atom. The number of morpholine rings is 1. The first-order valence-corrected chi connectivity index (χ1v) is 4.68. The van der Waals surface area contributed by atoms with Crippen LogP contribution in [0, 0.1) is 5.39 Å². The fraction of sp³-hybridized carbons (Fsp3) is 0.400. The summed E-state index contributed by atoms with van der Waals surface area (Å²) in [6.45, 7) is 3.18. The van der Waals surface area contributed by atoms with Gasteiger partial charge in [-0.2, -0.15) is 0 Å². The molecule has 0 saturated carbocycles. The van der Waals surface area contributed by atoms with Crippen LogP contribution < -0.4 is 42.1 Å². The van der Waals surface area contributed by atoms with Crippen LogP contribution in [0.2, 0.25) is 0 Å². The molecule has 0 aliphatic carbocycles. The summed E-state index contributed by atoms with van der Waals surface area (Å²) in [5.74, 6) is 0. The molecule has 1 fully saturated rings. The molecule has 8 heteroatoms. The van der Waals surface area contributed by atoms with Crippen LogP contribution in [-0.2, 0) is 24.2 Å². The minimum Gasteiger partial charge on any atom is -1.00 e. The van der Waals surface area contributed by atoms with Crippen molar-refractivity contribution in [2.24, 2.45) is 0 Å². The van der Waals surface area contributed by atoms with E-state index >= 15 is 0 Å². The number of anilines is 1. The van der Waals surface area contributed by atoms with Gasteiger partial charge >= 0.3 is 25.2 Å². The molecule has 96 valence electrons. The van der Waals surface area contributed by atoms with Gasteiger partial charge in [0.25, 0.3) is 0 Å². The minimum atomic E-state index is 0. The molecule has 0 atom stereocenters. The van der Waals surface area contributed by atoms with Crippen LogP contribution in [0.5, 0.6) is 0 Å². The third-order valence-corrected chi connectivity index (χ3v) is 2.34. The number of hydrogen-bond donors (Lipinski definition) is 0. The maximum absolute atomic E-state index is 8.82. The largest absolute Gasteiger partial charge is 2.00 e. The topological polar surface area (TPSA) is 40.6 Å². The minimum absolute atomic E-state index is 0. The van der Waals surface area contributed by atoms with Crippen molar-refractivity contribution in [3.05, 3.63) is 29.2 Å². The zero-order valence-corrected chi connectivity index (χ0v) is 15.0. The number of para-hydroxylation sites is 1. The maximum Gasteiger partial charge on any atom is 2.00 e. The van der Waals surface area contributed by atoms with Gasteiger partial charge in [-0.25, -0.2) is 0 Å². The van der Waals surface area contributed by atoms with Crippen LogP contribution in [0.4, 0.5) is 11.4 Å². The number of ether oxygens (including phenoxy) is 1. The molecule has 1 aromatic carbocycles. The van der Waals surface area contributed by atoms with E-state index in [1.807, 2.05) is 18.2 Å². The van der Waals surface area contributed by atoms with Gasteiger partial charge in [0.2, 0.25) is 5.39 Å². The van der Waals surface area contributed by atoms with E-state index < -0.39 is 0 Å². The summed E-state index contributed by atoms with van der Waals surface area (Å²) in [6, 6.07) is 7.56. The molecule has 2 rings (SSSR count). The van der Waals surface area contributed by atoms with Gasteiger partial charge in [-0.05, 0) is 6.07 Å². The Balaban J connectivity index is -0.000000562. The van der Waals surface area contributed by atoms with Crippen molar-refractivity contribution in [2.75, 3.05) is 31.2 Å². The van der Waals surface area contributed by atoms with Crippen LogP contribution >= 0.6 is 0 Å². The van der Waals surface area contributed by atoms with Crippen LogP contribution in [0.25, 0.3) is 4.98 Å². The number of hydrogen-bond acceptors (Lipinski definition) is 3. The number of nitrogens with zero attached hydrogens (tertiary/aromatic N) is 3. The van der Waals surface area contributed by atoms with Crippen molar-refractivity contribution in [1.29, 1.82) is 5.39 Å².